The highest BCUT2D eigenvalue weighted by atomic mass is 35.5. The van der Waals surface area contributed by atoms with Crippen molar-refractivity contribution >= 4 is 67.6 Å². The molecule has 2 fully saturated rings. The number of nitrogens with one attached hydrogen (secondary N) is 1. The molecule has 7 rings (SSSR count). The molecule has 14 heteroatoms. The topological polar surface area (TPSA) is 110 Å². The molecular weight excluding hydrogens is 671 g/mol. The number of aromatic amines is 1. The molecule has 5 aromatic rings. The Kier molecular flexibility index (Phi) is 8.49. The highest BCUT2D eigenvalue weighted by Gasteiger charge is 2.43. The first-order chi connectivity index (χ1) is 23.5. The zero-order valence-electron chi connectivity index (χ0n) is 27.6. The second kappa shape index (κ2) is 12.5. The first-order valence-corrected chi connectivity index (χ1v) is 16.9. The van der Waals surface area contributed by atoms with E-state index in [-0.39, 0.29) is 40.0 Å². The van der Waals surface area contributed by atoms with E-state index in [0.717, 1.165) is 5.39 Å². The predicted molar refractivity (Wildman–Crippen MR) is 188 cm³/mol. The highest BCUT2D eigenvalue weighted by molar-refractivity contribution is 6.36. The molecule has 0 radical (unpaired) electrons. The lowest BCUT2D eigenvalue weighted by Gasteiger charge is -2.52. The van der Waals surface area contributed by atoms with Gasteiger partial charge in [-0.1, -0.05) is 23.2 Å². The quantitative estimate of drug-likeness (QED) is 0.182. The Morgan fingerprint density at radius 1 is 1.18 bits per heavy atom. The summed E-state index contributed by atoms with van der Waals surface area (Å²) in [6.45, 7) is 4.97. The lowest BCUT2D eigenvalue weighted by molar-refractivity contribution is -0.130. The first-order valence-electron chi connectivity index (χ1n) is 16.1. The smallest absolute Gasteiger partial charge is 0.246 e. The molecule has 5 heterocycles. The van der Waals surface area contributed by atoms with Crippen LogP contribution in [0.15, 0.2) is 36.7 Å². The van der Waals surface area contributed by atoms with Crippen LogP contribution in [0.5, 0.6) is 0 Å². The van der Waals surface area contributed by atoms with Gasteiger partial charge in [-0.25, -0.2) is 13.8 Å². The number of anilines is 1. The summed E-state index contributed by atoms with van der Waals surface area (Å²) in [5.41, 5.74) is 2.79. The summed E-state index contributed by atoms with van der Waals surface area (Å²) in [7, 11) is 4.08. The molecule has 2 aromatic carbocycles. The Bertz CT molecular complexity index is 2200. The van der Waals surface area contributed by atoms with Crippen LogP contribution in [0.25, 0.3) is 43.8 Å². The van der Waals surface area contributed by atoms with Gasteiger partial charge in [0.1, 0.15) is 18.0 Å². The Hall–Kier alpha value is -4.31. The van der Waals surface area contributed by atoms with Crippen molar-refractivity contribution in [3.05, 3.63) is 58.1 Å². The molecule has 2 aliphatic heterocycles. The number of benzene rings is 2. The number of rotatable bonds is 7. The molecule has 0 aliphatic carbocycles. The fourth-order valence-electron chi connectivity index (χ4n) is 7.38. The van der Waals surface area contributed by atoms with Gasteiger partial charge < -0.3 is 14.7 Å². The van der Waals surface area contributed by atoms with E-state index in [4.69, 9.17) is 33.3 Å². The van der Waals surface area contributed by atoms with Crippen molar-refractivity contribution in [2.24, 2.45) is 0 Å². The second-order valence-corrected chi connectivity index (χ2v) is 14.3. The highest BCUT2D eigenvalue weighted by Crippen LogP contribution is 2.46. The molecule has 3 aromatic heterocycles. The Morgan fingerprint density at radius 3 is 2.67 bits per heavy atom. The lowest BCUT2D eigenvalue weighted by Crippen LogP contribution is -2.67. The average molecular weight is 707 g/mol. The summed E-state index contributed by atoms with van der Waals surface area (Å²) in [6.07, 6.45) is 6.87. The Labute approximate surface area is 291 Å². The Morgan fingerprint density at radius 2 is 1.96 bits per heavy atom. The van der Waals surface area contributed by atoms with Crippen LogP contribution in [0.1, 0.15) is 37.8 Å². The number of nitriles is 1. The summed E-state index contributed by atoms with van der Waals surface area (Å²) in [5.74, 6) is -0.289. The van der Waals surface area contributed by atoms with E-state index in [1.807, 2.05) is 25.7 Å². The number of piperidine rings is 1. The standard InChI is InChI=1S/C35H35Cl2F2N9O/c1-19-25(36)14-27-23(15-41-44-27)29(19)30-26(37)13-22-32(31(30)39)43-34(46-17-35(2,18-46)45(3)4)24-16-42-48(33(22)24)21-8-11-47(20(12-21)7-10-40)28(49)6-5-9-38/h5-6,13-16,20-21H,7-9,11-12,17-18H2,1-4H3,(H,41,44)/b6-5+/t20-,21+/m1/s1. The molecule has 0 unspecified atom stereocenters. The number of aromatic nitrogens is 5. The number of pyridine rings is 1. The molecule has 0 bridgehead atoms. The zero-order valence-corrected chi connectivity index (χ0v) is 29.1. The van der Waals surface area contributed by atoms with Gasteiger partial charge in [0.25, 0.3) is 0 Å². The van der Waals surface area contributed by atoms with Crippen LogP contribution >= 0.6 is 23.2 Å². The number of carbonyl (C=O) groups is 1. The maximum absolute atomic E-state index is 17.2. The minimum atomic E-state index is -0.747. The van der Waals surface area contributed by atoms with Crippen molar-refractivity contribution in [2.45, 2.75) is 50.7 Å². The zero-order chi connectivity index (χ0) is 34.8. The third-order valence-electron chi connectivity index (χ3n) is 10.3. The number of amides is 1. The van der Waals surface area contributed by atoms with Crippen LogP contribution in [-0.4, -0.2) is 92.7 Å². The van der Waals surface area contributed by atoms with E-state index in [2.05, 4.69) is 33.0 Å². The second-order valence-electron chi connectivity index (χ2n) is 13.4. The van der Waals surface area contributed by atoms with E-state index in [0.29, 0.717) is 76.2 Å². The maximum Gasteiger partial charge on any atom is 0.246 e. The van der Waals surface area contributed by atoms with E-state index in [9.17, 15) is 14.4 Å². The van der Waals surface area contributed by atoms with E-state index >= 15 is 4.39 Å². The summed E-state index contributed by atoms with van der Waals surface area (Å²) >= 11 is 13.6. The summed E-state index contributed by atoms with van der Waals surface area (Å²) in [5, 5.41) is 24.2. The van der Waals surface area contributed by atoms with Crippen LogP contribution in [0.2, 0.25) is 10.0 Å². The number of alkyl halides is 1. The van der Waals surface area contributed by atoms with E-state index in [1.165, 1.54) is 12.2 Å². The molecule has 10 nitrogen and oxygen atoms in total. The first kappa shape index (κ1) is 33.2. The van der Waals surface area contributed by atoms with Crippen LogP contribution in [-0.2, 0) is 4.79 Å². The van der Waals surface area contributed by atoms with Crippen LogP contribution in [0.3, 0.4) is 0 Å². The number of carbonyl (C=O) groups excluding carboxylic acids is 1. The van der Waals surface area contributed by atoms with Gasteiger partial charge >= 0.3 is 0 Å². The molecule has 2 saturated heterocycles. The van der Waals surface area contributed by atoms with Gasteiger partial charge in [0.05, 0.1) is 57.9 Å². The van der Waals surface area contributed by atoms with Crippen LogP contribution in [0.4, 0.5) is 14.6 Å². The number of halogens is 4. The van der Waals surface area contributed by atoms with Crippen molar-refractivity contribution in [3.8, 4) is 17.2 Å². The number of H-pyrrole nitrogens is 1. The number of likely N-dealkylation sites (tertiary alicyclic amines) is 1. The van der Waals surface area contributed by atoms with E-state index < -0.39 is 18.5 Å². The number of allylic oxidation sites excluding steroid dienone is 1. The van der Waals surface area contributed by atoms with Gasteiger partial charge in [-0.2, -0.15) is 15.5 Å². The molecule has 1 amide bonds. The van der Waals surface area contributed by atoms with Gasteiger partial charge in [-0.15, -0.1) is 0 Å². The summed E-state index contributed by atoms with van der Waals surface area (Å²) in [4.78, 5) is 23.8. The predicted octanol–water partition coefficient (Wildman–Crippen LogP) is 6.99. The third kappa shape index (κ3) is 5.39. The monoisotopic (exact) mass is 705 g/mol. The van der Waals surface area contributed by atoms with Gasteiger partial charge in [0, 0.05) is 58.7 Å². The summed E-state index contributed by atoms with van der Waals surface area (Å²) < 4.78 is 31.9. The van der Waals surface area contributed by atoms with Gasteiger partial charge in [-0.05, 0) is 64.6 Å². The fourth-order valence-corrected chi connectivity index (χ4v) is 7.87. The van der Waals surface area contributed by atoms with Crippen molar-refractivity contribution in [3.63, 3.8) is 0 Å². The SMILES string of the molecule is Cc1c(Cl)cc2[nH]ncc2c1-c1c(Cl)cc2c(nc(N3CC(C)(N(C)C)C3)c3cnn([C@H]4CCN(C(=O)/C=C/CF)[C@H](CC#N)C4)c32)c1F. The number of fused-ring (bicyclic) bond motifs is 4. The molecule has 1 N–H and O–H groups in total. The molecule has 0 spiro atoms. The number of likely N-dealkylation sites (N-methyl/N-ethyl adjacent to an activating group) is 1. The van der Waals surface area contributed by atoms with Gasteiger partial charge in [-0.3, -0.25) is 14.6 Å². The maximum atomic E-state index is 17.2. The van der Waals surface area contributed by atoms with Crippen molar-refractivity contribution < 1.29 is 13.6 Å². The number of hydrogen-bond acceptors (Lipinski definition) is 7. The van der Waals surface area contributed by atoms with Gasteiger partial charge in [0.15, 0.2) is 5.82 Å². The number of hydrogen-bond donors (Lipinski definition) is 1. The van der Waals surface area contributed by atoms with Crippen molar-refractivity contribution in [2.75, 3.05) is 45.3 Å². The van der Waals surface area contributed by atoms with E-state index in [1.54, 1.807) is 29.4 Å². The minimum absolute atomic E-state index is 0.0894. The number of nitrogens with zero attached hydrogens (tertiary/aromatic N) is 8. The van der Waals surface area contributed by atoms with Crippen molar-refractivity contribution in [1.82, 2.24) is 34.8 Å². The molecule has 2 aliphatic rings. The lowest BCUT2D eigenvalue weighted by atomic mass is 9.90. The Balaban J connectivity index is 1.42. The fraction of sp³-hybridized carbons (Fsp3) is 0.400. The third-order valence-corrected chi connectivity index (χ3v) is 11.0. The average Bonchev–Trinajstić information content (AvgIpc) is 3.71. The normalized spacial score (nSPS) is 19.4. The molecule has 49 heavy (non-hydrogen) atoms. The van der Waals surface area contributed by atoms with Crippen LogP contribution < -0.4 is 4.90 Å². The molecule has 0 saturated carbocycles. The molecular formula is C35H35Cl2F2N9O. The van der Waals surface area contributed by atoms with Crippen molar-refractivity contribution in [1.29, 1.82) is 5.26 Å². The largest absolute Gasteiger partial charge is 0.352 e. The van der Waals surface area contributed by atoms with Crippen LogP contribution in [0, 0.1) is 24.1 Å². The molecule has 2 atom stereocenters. The summed E-state index contributed by atoms with van der Waals surface area (Å²) in [6, 6.07) is 5.08. The molecule has 254 valence electrons. The minimum Gasteiger partial charge on any atom is -0.352 e. The van der Waals surface area contributed by atoms with Gasteiger partial charge in [0.2, 0.25) is 5.91 Å².